The zero-order chi connectivity index (χ0) is 17.0. The summed E-state index contributed by atoms with van der Waals surface area (Å²) in [5.74, 6) is 0.297. The van der Waals surface area contributed by atoms with E-state index >= 15 is 0 Å². The van der Waals surface area contributed by atoms with Crippen LogP contribution in [0.4, 0.5) is 0 Å². The highest BCUT2D eigenvalue weighted by molar-refractivity contribution is 5.83. The number of aliphatic hydroxyl groups is 1. The minimum Gasteiger partial charge on any atom is -0.497 e. The highest BCUT2D eigenvalue weighted by Gasteiger charge is 2.26. The number of hydrogen-bond donors (Lipinski definition) is 2. The molecule has 2 unspecified atom stereocenters. The van der Waals surface area contributed by atoms with E-state index in [0.717, 1.165) is 11.3 Å². The number of carbonyl (C=O) groups excluding carboxylic acids is 1. The Labute approximate surface area is 136 Å². The molecule has 1 amide bonds. The molecule has 0 saturated heterocycles. The highest BCUT2D eigenvalue weighted by Crippen LogP contribution is 2.21. The molecule has 0 fully saturated rings. The molecular weight excluding hydrogens is 294 g/mol. The molecule has 124 valence electrons. The molecule has 23 heavy (non-hydrogen) atoms. The number of nitrogens with zero attached hydrogens (tertiary/aromatic N) is 2. The second kappa shape index (κ2) is 6.83. The zero-order valence-corrected chi connectivity index (χ0v) is 13.9. The first kappa shape index (κ1) is 17.0. The monoisotopic (exact) mass is 317 g/mol. The predicted octanol–water partition coefficient (Wildman–Crippen LogP) is 1.56. The lowest BCUT2D eigenvalue weighted by atomic mass is 9.97. The summed E-state index contributed by atoms with van der Waals surface area (Å²) in [4.78, 5) is 12.3. The van der Waals surface area contributed by atoms with E-state index in [0.29, 0.717) is 5.56 Å². The Hall–Kier alpha value is -2.34. The van der Waals surface area contributed by atoms with Gasteiger partial charge in [0.15, 0.2) is 0 Å². The number of aryl methyl sites for hydroxylation is 1. The van der Waals surface area contributed by atoms with Crippen molar-refractivity contribution < 1.29 is 14.6 Å². The largest absolute Gasteiger partial charge is 0.497 e. The van der Waals surface area contributed by atoms with Gasteiger partial charge in [0, 0.05) is 18.8 Å². The molecule has 0 aliphatic rings. The van der Waals surface area contributed by atoms with Gasteiger partial charge in [-0.3, -0.25) is 9.48 Å². The lowest BCUT2D eigenvalue weighted by Gasteiger charge is -2.23. The summed E-state index contributed by atoms with van der Waals surface area (Å²) in [7, 11) is 3.38. The summed E-state index contributed by atoms with van der Waals surface area (Å²) in [6.07, 6.45) is 3.33. The molecule has 6 heteroatoms. The van der Waals surface area contributed by atoms with Gasteiger partial charge in [-0.05, 0) is 31.5 Å². The normalized spacial score (nSPS) is 14.8. The fraction of sp³-hybridized carbons (Fsp3) is 0.412. The van der Waals surface area contributed by atoms with E-state index in [9.17, 15) is 9.90 Å². The van der Waals surface area contributed by atoms with Crippen molar-refractivity contribution in [2.24, 2.45) is 7.05 Å². The van der Waals surface area contributed by atoms with Crippen molar-refractivity contribution in [3.05, 3.63) is 47.8 Å². The Morgan fingerprint density at radius 2 is 2.09 bits per heavy atom. The van der Waals surface area contributed by atoms with Crippen LogP contribution >= 0.6 is 0 Å². The van der Waals surface area contributed by atoms with E-state index < -0.39 is 5.60 Å². The number of ether oxygens (including phenoxy) is 1. The number of hydrogen-bond acceptors (Lipinski definition) is 4. The van der Waals surface area contributed by atoms with E-state index in [1.165, 1.54) is 0 Å². The molecule has 0 saturated carbocycles. The minimum atomic E-state index is -1.16. The summed E-state index contributed by atoms with van der Waals surface area (Å²) in [6.45, 7) is 3.61. The number of methoxy groups -OCH3 is 1. The van der Waals surface area contributed by atoms with Crippen molar-refractivity contribution in [1.82, 2.24) is 15.1 Å². The van der Waals surface area contributed by atoms with E-state index in [2.05, 4.69) is 10.4 Å². The van der Waals surface area contributed by atoms with Crippen molar-refractivity contribution in [1.29, 1.82) is 0 Å². The van der Waals surface area contributed by atoms with Crippen LogP contribution in [0, 0.1) is 0 Å². The fourth-order valence-electron chi connectivity index (χ4n) is 2.26. The number of carbonyl (C=O) groups is 1. The molecule has 2 aromatic rings. The SMILES string of the molecule is COc1ccc(C(C)C(=O)NCC(C)(O)c2cnn(C)c2)cc1. The molecule has 1 heterocycles. The molecular formula is C17H23N3O3. The Morgan fingerprint density at radius 1 is 1.43 bits per heavy atom. The van der Waals surface area contributed by atoms with Gasteiger partial charge in [-0.25, -0.2) is 0 Å². The zero-order valence-electron chi connectivity index (χ0n) is 13.9. The lowest BCUT2D eigenvalue weighted by molar-refractivity contribution is -0.123. The first-order chi connectivity index (χ1) is 10.8. The van der Waals surface area contributed by atoms with Gasteiger partial charge in [-0.15, -0.1) is 0 Å². The second-order valence-corrected chi connectivity index (χ2v) is 5.89. The first-order valence-corrected chi connectivity index (χ1v) is 7.46. The maximum atomic E-state index is 12.3. The molecule has 2 rings (SSSR count). The number of nitrogens with one attached hydrogen (secondary N) is 1. The van der Waals surface area contributed by atoms with Gasteiger partial charge in [0.2, 0.25) is 5.91 Å². The van der Waals surface area contributed by atoms with E-state index in [4.69, 9.17) is 4.74 Å². The Morgan fingerprint density at radius 3 is 2.61 bits per heavy atom. The number of rotatable bonds is 6. The Bertz CT molecular complexity index is 662. The van der Waals surface area contributed by atoms with Crippen LogP contribution in [0.5, 0.6) is 5.75 Å². The molecule has 0 bridgehead atoms. The van der Waals surface area contributed by atoms with Crippen LogP contribution in [0.2, 0.25) is 0 Å². The van der Waals surface area contributed by atoms with Gasteiger partial charge in [0.05, 0.1) is 25.8 Å². The summed E-state index contributed by atoms with van der Waals surface area (Å²) in [5, 5.41) is 17.3. The minimum absolute atomic E-state index is 0.123. The predicted molar refractivity (Wildman–Crippen MR) is 87.2 cm³/mol. The number of amides is 1. The van der Waals surface area contributed by atoms with Crippen LogP contribution in [0.3, 0.4) is 0 Å². The highest BCUT2D eigenvalue weighted by atomic mass is 16.5. The average Bonchev–Trinajstić information content (AvgIpc) is 2.99. The van der Waals surface area contributed by atoms with E-state index in [1.54, 1.807) is 38.2 Å². The molecule has 0 aliphatic carbocycles. The van der Waals surface area contributed by atoms with Crippen molar-refractivity contribution in [3.63, 3.8) is 0 Å². The smallest absolute Gasteiger partial charge is 0.227 e. The van der Waals surface area contributed by atoms with Gasteiger partial charge in [-0.2, -0.15) is 5.10 Å². The number of benzene rings is 1. The van der Waals surface area contributed by atoms with E-state index in [1.807, 2.05) is 31.2 Å². The number of aromatic nitrogens is 2. The van der Waals surface area contributed by atoms with Crippen LogP contribution in [-0.2, 0) is 17.4 Å². The van der Waals surface area contributed by atoms with E-state index in [-0.39, 0.29) is 18.4 Å². The van der Waals surface area contributed by atoms with Crippen LogP contribution in [-0.4, -0.2) is 34.4 Å². The molecule has 0 spiro atoms. The summed E-state index contributed by atoms with van der Waals surface area (Å²) in [5.41, 5.74) is 0.394. The molecule has 2 N–H and O–H groups in total. The van der Waals surface area contributed by atoms with Crippen molar-refractivity contribution in [2.45, 2.75) is 25.4 Å². The van der Waals surface area contributed by atoms with Crippen molar-refractivity contribution >= 4 is 5.91 Å². The van der Waals surface area contributed by atoms with Crippen LogP contribution in [0.15, 0.2) is 36.7 Å². The molecule has 1 aromatic heterocycles. The Kier molecular flexibility index (Phi) is 5.05. The van der Waals surface area contributed by atoms with Gasteiger partial charge in [0.25, 0.3) is 0 Å². The first-order valence-electron chi connectivity index (χ1n) is 7.46. The second-order valence-electron chi connectivity index (χ2n) is 5.89. The molecule has 6 nitrogen and oxygen atoms in total. The molecule has 0 aliphatic heterocycles. The lowest BCUT2D eigenvalue weighted by Crippen LogP contribution is -2.40. The maximum Gasteiger partial charge on any atom is 0.227 e. The van der Waals surface area contributed by atoms with Gasteiger partial charge in [-0.1, -0.05) is 12.1 Å². The van der Waals surface area contributed by atoms with Crippen molar-refractivity contribution in [3.8, 4) is 5.75 Å². The third kappa shape index (κ3) is 4.10. The quantitative estimate of drug-likeness (QED) is 0.847. The standard InChI is InChI=1S/C17H23N3O3/c1-12(13-5-7-15(23-4)8-6-13)16(21)18-11-17(2,22)14-9-19-20(3)10-14/h5-10,12,22H,11H2,1-4H3,(H,18,21). The molecule has 2 atom stereocenters. The average molecular weight is 317 g/mol. The van der Waals surface area contributed by atoms with Gasteiger partial charge >= 0.3 is 0 Å². The summed E-state index contributed by atoms with van der Waals surface area (Å²) >= 11 is 0. The third-order valence-electron chi connectivity index (χ3n) is 3.94. The summed E-state index contributed by atoms with van der Waals surface area (Å²) < 4.78 is 6.73. The van der Waals surface area contributed by atoms with Crippen LogP contribution in [0.1, 0.15) is 30.9 Å². The maximum absolute atomic E-state index is 12.3. The van der Waals surface area contributed by atoms with Gasteiger partial charge in [0.1, 0.15) is 11.4 Å². The van der Waals surface area contributed by atoms with Crippen LogP contribution < -0.4 is 10.1 Å². The van der Waals surface area contributed by atoms with Crippen LogP contribution in [0.25, 0.3) is 0 Å². The molecule has 0 radical (unpaired) electrons. The Balaban J connectivity index is 1.97. The van der Waals surface area contributed by atoms with Crippen molar-refractivity contribution in [2.75, 3.05) is 13.7 Å². The molecule has 1 aromatic carbocycles. The fourth-order valence-corrected chi connectivity index (χ4v) is 2.26. The summed E-state index contributed by atoms with van der Waals surface area (Å²) in [6, 6.07) is 7.38. The topological polar surface area (TPSA) is 76.4 Å². The third-order valence-corrected chi connectivity index (χ3v) is 3.94. The van der Waals surface area contributed by atoms with Gasteiger partial charge < -0.3 is 15.2 Å².